The summed E-state index contributed by atoms with van der Waals surface area (Å²) in [5, 5.41) is 12.9. The van der Waals surface area contributed by atoms with Crippen molar-refractivity contribution in [3.8, 4) is 11.4 Å². The fourth-order valence-electron chi connectivity index (χ4n) is 2.93. The van der Waals surface area contributed by atoms with Crippen molar-refractivity contribution in [1.29, 1.82) is 0 Å². The van der Waals surface area contributed by atoms with Gasteiger partial charge in [-0.15, -0.1) is 10.2 Å². The lowest BCUT2D eigenvalue weighted by atomic mass is 9.87. The fraction of sp³-hybridized carbons (Fsp3) is 0.318. The van der Waals surface area contributed by atoms with E-state index < -0.39 is 0 Å². The van der Waals surface area contributed by atoms with Gasteiger partial charge in [0, 0.05) is 12.1 Å². The summed E-state index contributed by atoms with van der Waals surface area (Å²) in [6, 6.07) is 13.5. The Hall–Kier alpha value is -2.02. The van der Waals surface area contributed by atoms with Crippen molar-refractivity contribution in [2.45, 2.75) is 44.8 Å². The van der Waals surface area contributed by atoms with Crippen LogP contribution in [0, 0.1) is 0 Å². The van der Waals surface area contributed by atoms with Gasteiger partial charge in [-0.3, -0.25) is 4.79 Å². The van der Waals surface area contributed by atoms with Gasteiger partial charge in [0.15, 0.2) is 11.0 Å². The van der Waals surface area contributed by atoms with E-state index in [1.165, 1.54) is 17.3 Å². The Kier molecular flexibility index (Phi) is 7.11. The number of amides is 1. The van der Waals surface area contributed by atoms with Crippen LogP contribution < -0.4 is 5.32 Å². The third-order valence-electron chi connectivity index (χ3n) is 4.60. The monoisotopic (exact) mass is 462 g/mol. The van der Waals surface area contributed by atoms with Gasteiger partial charge in [0.05, 0.1) is 21.5 Å². The van der Waals surface area contributed by atoms with Gasteiger partial charge in [0.1, 0.15) is 0 Å². The Bertz CT molecular complexity index is 1040. The van der Waals surface area contributed by atoms with Gasteiger partial charge in [-0.1, -0.05) is 86.1 Å². The number of anilines is 1. The summed E-state index contributed by atoms with van der Waals surface area (Å²) in [6.07, 6.45) is 0. The van der Waals surface area contributed by atoms with Gasteiger partial charge in [0.25, 0.3) is 0 Å². The number of nitrogens with one attached hydrogen (secondary N) is 1. The van der Waals surface area contributed by atoms with Gasteiger partial charge in [-0.2, -0.15) is 0 Å². The van der Waals surface area contributed by atoms with E-state index in [2.05, 4.69) is 60.6 Å². The Morgan fingerprint density at radius 1 is 1.10 bits per heavy atom. The molecular weight excluding hydrogens is 439 g/mol. The zero-order valence-electron chi connectivity index (χ0n) is 17.4. The Balaban J connectivity index is 1.71. The molecule has 158 valence electrons. The number of hydrogen-bond acceptors (Lipinski definition) is 4. The minimum atomic E-state index is -0.189. The number of carbonyl (C=O) groups is 1. The first kappa shape index (κ1) is 22.7. The van der Waals surface area contributed by atoms with Crippen LogP contribution in [0.15, 0.2) is 47.6 Å². The molecule has 1 amide bonds. The van der Waals surface area contributed by atoms with Gasteiger partial charge in [-0.05, 0) is 30.0 Å². The zero-order chi connectivity index (χ0) is 21.9. The zero-order valence-corrected chi connectivity index (χ0v) is 19.7. The van der Waals surface area contributed by atoms with E-state index in [9.17, 15) is 4.79 Å². The largest absolute Gasteiger partial charge is 0.324 e. The average molecular weight is 463 g/mol. The number of aromatic nitrogens is 3. The van der Waals surface area contributed by atoms with Gasteiger partial charge in [0.2, 0.25) is 5.91 Å². The van der Waals surface area contributed by atoms with Crippen LogP contribution in [0.25, 0.3) is 11.4 Å². The number of halogens is 2. The van der Waals surface area contributed by atoms with E-state index in [1.54, 1.807) is 18.2 Å². The molecule has 1 N–H and O–H groups in total. The minimum absolute atomic E-state index is 0.0945. The van der Waals surface area contributed by atoms with Gasteiger partial charge in [-0.25, -0.2) is 0 Å². The third-order valence-corrected chi connectivity index (χ3v) is 6.39. The molecule has 0 atom stereocenters. The lowest BCUT2D eigenvalue weighted by molar-refractivity contribution is -0.113. The van der Waals surface area contributed by atoms with E-state index >= 15 is 0 Å². The first-order valence-electron chi connectivity index (χ1n) is 9.61. The number of hydrogen-bond donors (Lipinski definition) is 1. The van der Waals surface area contributed by atoms with E-state index in [-0.39, 0.29) is 17.1 Å². The van der Waals surface area contributed by atoms with Crippen molar-refractivity contribution in [2.75, 3.05) is 11.1 Å². The summed E-state index contributed by atoms with van der Waals surface area (Å²) < 4.78 is 2.01. The molecule has 0 aliphatic heterocycles. The molecule has 0 aliphatic carbocycles. The quantitative estimate of drug-likeness (QED) is 0.436. The Morgan fingerprint density at radius 2 is 1.80 bits per heavy atom. The Morgan fingerprint density at radius 3 is 2.43 bits per heavy atom. The lowest BCUT2D eigenvalue weighted by Gasteiger charge is -2.19. The highest BCUT2D eigenvalue weighted by atomic mass is 35.5. The molecule has 3 rings (SSSR count). The van der Waals surface area contributed by atoms with Crippen LogP contribution in [-0.2, 0) is 16.8 Å². The van der Waals surface area contributed by atoms with E-state index in [0.717, 1.165) is 11.4 Å². The predicted molar refractivity (Wildman–Crippen MR) is 126 cm³/mol. The summed E-state index contributed by atoms with van der Waals surface area (Å²) in [6.45, 7) is 9.30. The fourth-order valence-corrected chi connectivity index (χ4v) is 4.08. The molecule has 0 aliphatic rings. The number of rotatable bonds is 6. The molecule has 0 radical (unpaired) electrons. The number of thioether (sulfide) groups is 1. The minimum Gasteiger partial charge on any atom is -0.324 e. The van der Waals surface area contributed by atoms with Crippen molar-refractivity contribution < 1.29 is 4.79 Å². The summed E-state index contributed by atoms with van der Waals surface area (Å²) >= 11 is 13.5. The Labute approximate surface area is 191 Å². The van der Waals surface area contributed by atoms with Gasteiger partial charge < -0.3 is 9.88 Å². The number of nitrogens with zero attached hydrogens (tertiary/aromatic N) is 3. The van der Waals surface area contributed by atoms with Crippen LogP contribution in [0.5, 0.6) is 0 Å². The molecule has 8 heteroatoms. The van der Waals surface area contributed by atoms with Crippen LogP contribution in [0.2, 0.25) is 10.0 Å². The maximum atomic E-state index is 12.4. The van der Waals surface area contributed by atoms with E-state index in [0.29, 0.717) is 27.4 Å². The summed E-state index contributed by atoms with van der Waals surface area (Å²) in [4.78, 5) is 12.4. The van der Waals surface area contributed by atoms with Crippen molar-refractivity contribution >= 4 is 46.6 Å². The molecule has 30 heavy (non-hydrogen) atoms. The van der Waals surface area contributed by atoms with Gasteiger partial charge >= 0.3 is 0 Å². The molecule has 0 bridgehead atoms. The SMILES string of the molecule is CCn1c(SCC(=O)Nc2cccc(Cl)c2Cl)nnc1-c1ccc(C(C)(C)C)cc1. The van der Waals surface area contributed by atoms with Crippen molar-refractivity contribution in [2.24, 2.45) is 0 Å². The molecule has 1 aromatic heterocycles. The maximum Gasteiger partial charge on any atom is 0.234 e. The molecule has 0 unspecified atom stereocenters. The normalized spacial score (nSPS) is 11.5. The molecule has 0 saturated carbocycles. The highest BCUT2D eigenvalue weighted by molar-refractivity contribution is 7.99. The second-order valence-electron chi connectivity index (χ2n) is 7.82. The summed E-state index contributed by atoms with van der Waals surface area (Å²) in [7, 11) is 0. The third kappa shape index (κ3) is 5.17. The topological polar surface area (TPSA) is 59.8 Å². The van der Waals surface area contributed by atoms with Crippen molar-refractivity contribution in [3.63, 3.8) is 0 Å². The van der Waals surface area contributed by atoms with E-state index in [4.69, 9.17) is 23.2 Å². The molecule has 2 aromatic carbocycles. The number of carbonyl (C=O) groups excluding carboxylic acids is 1. The van der Waals surface area contributed by atoms with Crippen LogP contribution in [0.1, 0.15) is 33.3 Å². The molecule has 1 heterocycles. The average Bonchev–Trinajstić information content (AvgIpc) is 3.12. The molecule has 0 spiro atoms. The highest BCUT2D eigenvalue weighted by Gasteiger charge is 2.17. The van der Waals surface area contributed by atoms with E-state index in [1.807, 2.05) is 11.5 Å². The molecular formula is C22H24Cl2N4OS. The predicted octanol–water partition coefficient (Wildman–Crippen LogP) is 6.30. The summed E-state index contributed by atoms with van der Waals surface area (Å²) in [5.74, 6) is 0.786. The standard InChI is InChI=1S/C22H24Cl2N4OS/c1-5-28-20(14-9-11-15(12-10-14)22(2,3)4)26-27-21(28)30-13-18(29)25-17-8-6-7-16(23)19(17)24/h6-12H,5,13H2,1-4H3,(H,25,29). The number of benzene rings is 2. The lowest BCUT2D eigenvalue weighted by Crippen LogP contribution is -2.15. The second-order valence-corrected chi connectivity index (χ2v) is 9.54. The van der Waals surface area contributed by atoms with Crippen LogP contribution in [0.3, 0.4) is 0 Å². The highest BCUT2D eigenvalue weighted by Crippen LogP contribution is 2.30. The van der Waals surface area contributed by atoms with Crippen LogP contribution in [0.4, 0.5) is 5.69 Å². The second kappa shape index (κ2) is 9.41. The molecule has 0 fully saturated rings. The smallest absolute Gasteiger partial charge is 0.234 e. The molecule has 3 aromatic rings. The molecule has 0 saturated heterocycles. The first-order valence-corrected chi connectivity index (χ1v) is 11.4. The van der Waals surface area contributed by atoms with Crippen LogP contribution in [-0.4, -0.2) is 26.4 Å². The first-order chi connectivity index (χ1) is 14.2. The molecule has 5 nitrogen and oxygen atoms in total. The van der Waals surface area contributed by atoms with Crippen molar-refractivity contribution in [1.82, 2.24) is 14.8 Å². The maximum absolute atomic E-state index is 12.4. The van der Waals surface area contributed by atoms with Crippen molar-refractivity contribution in [3.05, 3.63) is 58.1 Å². The summed E-state index contributed by atoms with van der Waals surface area (Å²) in [5.41, 5.74) is 2.85. The van der Waals surface area contributed by atoms with Crippen LogP contribution >= 0.6 is 35.0 Å².